The summed E-state index contributed by atoms with van der Waals surface area (Å²) in [5.41, 5.74) is 0.176. The average molecular weight is 202 g/mol. The van der Waals surface area contributed by atoms with Crippen LogP contribution in [0.5, 0.6) is 0 Å². The van der Waals surface area contributed by atoms with Crippen LogP contribution in [0.25, 0.3) is 0 Å². The van der Waals surface area contributed by atoms with E-state index in [0.717, 1.165) is 26.2 Å². The van der Waals surface area contributed by atoms with Crippen LogP contribution in [-0.2, 0) is 14.3 Å². The fourth-order valence-corrected chi connectivity index (χ4v) is 0.523. The second kappa shape index (κ2) is 7.53. The van der Waals surface area contributed by atoms with Crippen molar-refractivity contribution in [3.63, 3.8) is 0 Å². The fourth-order valence-electron chi connectivity index (χ4n) is 0.523. The van der Waals surface area contributed by atoms with Crippen molar-refractivity contribution in [1.29, 1.82) is 0 Å². The number of aliphatic carboxylic acids is 1. The van der Waals surface area contributed by atoms with E-state index in [-0.39, 0.29) is 5.57 Å². The van der Waals surface area contributed by atoms with Gasteiger partial charge in [-0.25, -0.2) is 4.79 Å². The summed E-state index contributed by atoms with van der Waals surface area (Å²) in [6.07, 6.45) is 1.54. The SMILES string of the molecule is C=C(C)C(=O)O.CCCOCC1CO1. The van der Waals surface area contributed by atoms with Gasteiger partial charge in [0, 0.05) is 12.2 Å². The molecule has 4 nitrogen and oxygen atoms in total. The number of carboxylic acids is 1. The minimum Gasteiger partial charge on any atom is -0.478 e. The van der Waals surface area contributed by atoms with Crippen LogP contribution in [0.15, 0.2) is 12.2 Å². The highest BCUT2D eigenvalue weighted by Gasteiger charge is 2.21. The van der Waals surface area contributed by atoms with Gasteiger partial charge < -0.3 is 14.6 Å². The van der Waals surface area contributed by atoms with Crippen molar-refractivity contribution in [3.8, 4) is 0 Å². The molecule has 1 saturated heterocycles. The molecule has 82 valence electrons. The summed E-state index contributed by atoms with van der Waals surface area (Å²) in [6, 6.07) is 0. The monoisotopic (exact) mass is 202 g/mol. The second-order valence-corrected chi connectivity index (χ2v) is 3.12. The lowest BCUT2D eigenvalue weighted by Gasteiger charge is -1.95. The zero-order valence-corrected chi connectivity index (χ0v) is 8.78. The molecular weight excluding hydrogens is 184 g/mol. The molecule has 1 fully saturated rings. The maximum Gasteiger partial charge on any atom is 0.330 e. The van der Waals surface area contributed by atoms with E-state index < -0.39 is 5.97 Å². The third-order valence-electron chi connectivity index (χ3n) is 1.42. The van der Waals surface area contributed by atoms with E-state index in [1.54, 1.807) is 0 Å². The molecule has 0 amide bonds. The number of carbonyl (C=O) groups is 1. The molecule has 0 aliphatic carbocycles. The molecule has 0 aromatic heterocycles. The Morgan fingerprint density at radius 2 is 2.21 bits per heavy atom. The zero-order valence-electron chi connectivity index (χ0n) is 8.78. The van der Waals surface area contributed by atoms with Crippen molar-refractivity contribution in [2.24, 2.45) is 0 Å². The van der Waals surface area contributed by atoms with Crippen molar-refractivity contribution >= 4 is 5.97 Å². The summed E-state index contributed by atoms with van der Waals surface area (Å²) in [6.45, 7) is 9.29. The Morgan fingerprint density at radius 1 is 1.71 bits per heavy atom. The second-order valence-electron chi connectivity index (χ2n) is 3.12. The van der Waals surface area contributed by atoms with E-state index in [9.17, 15) is 4.79 Å². The maximum atomic E-state index is 9.60. The number of carboxylic acid groups (broad SMARTS) is 1. The van der Waals surface area contributed by atoms with Crippen molar-refractivity contribution in [2.75, 3.05) is 19.8 Å². The van der Waals surface area contributed by atoms with Crippen LogP contribution in [0.4, 0.5) is 0 Å². The third kappa shape index (κ3) is 9.22. The summed E-state index contributed by atoms with van der Waals surface area (Å²) in [5.74, 6) is -0.935. The summed E-state index contributed by atoms with van der Waals surface area (Å²) in [4.78, 5) is 9.60. The largest absolute Gasteiger partial charge is 0.478 e. The molecule has 0 aromatic carbocycles. The Hall–Kier alpha value is -0.870. The van der Waals surface area contributed by atoms with Gasteiger partial charge in [0.05, 0.1) is 13.2 Å². The van der Waals surface area contributed by atoms with Gasteiger partial charge in [0.1, 0.15) is 6.10 Å². The number of epoxide rings is 1. The minimum atomic E-state index is -0.935. The van der Waals surface area contributed by atoms with Gasteiger partial charge in [-0.1, -0.05) is 13.5 Å². The molecule has 0 spiro atoms. The van der Waals surface area contributed by atoms with E-state index in [0.29, 0.717) is 6.10 Å². The lowest BCUT2D eigenvalue weighted by atomic mass is 10.4. The van der Waals surface area contributed by atoms with Crippen LogP contribution in [0.1, 0.15) is 20.3 Å². The highest BCUT2D eigenvalue weighted by atomic mass is 16.6. The van der Waals surface area contributed by atoms with Gasteiger partial charge >= 0.3 is 5.97 Å². The third-order valence-corrected chi connectivity index (χ3v) is 1.42. The standard InChI is InChI=1S/C6H12O2.C4H6O2/c1-2-3-7-4-6-5-8-6;1-3(2)4(5)6/h6H,2-5H2,1H3;1H2,2H3,(H,5,6). The molecule has 1 aliphatic rings. The van der Waals surface area contributed by atoms with Crippen LogP contribution in [0.2, 0.25) is 0 Å². The van der Waals surface area contributed by atoms with Gasteiger partial charge in [0.15, 0.2) is 0 Å². The van der Waals surface area contributed by atoms with Crippen LogP contribution in [-0.4, -0.2) is 37.0 Å². The molecule has 1 atom stereocenters. The quantitative estimate of drug-likeness (QED) is 0.416. The molecule has 0 radical (unpaired) electrons. The Morgan fingerprint density at radius 3 is 2.50 bits per heavy atom. The lowest BCUT2D eigenvalue weighted by Crippen LogP contribution is -2.01. The molecule has 0 bridgehead atoms. The van der Waals surface area contributed by atoms with Gasteiger partial charge in [-0.05, 0) is 13.3 Å². The van der Waals surface area contributed by atoms with Gasteiger partial charge in [-0.2, -0.15) is 0 Å². The molecule has 4 heteroatoms. The summed E-state index contributed by atoms with van der Waals surface area (Å²) >= 11 is 0. The van der Waals surface area contributed by atoms with Crippen molar-refractivity contribution in [3.05, 3.63) is 12.2 Å². The first-order valence-corrected chi connectivity index (χ1v) is 4.66. The Labute approximate surface area is 84.5 Å². The van der Waals surface area contributed by atoms with Crippen molar-refractivity contribution in [1.82, 2.24) is 0 Å². The molecule has 14 heavy (non-hydrogen) atoms. The summed E-state index contributed by atoms with van der Waals surface area (Å²) < 4.78 is 10.1. The Balaban J connectivity index is 0.000000255. The van der Waals surface area contributed by atoms with E-state index in [2.05, 4.69) is 13.5 Å². The van der Waals surface area contributed by atoms with Crippen molar-refractivity contribution < 1.29 is 19.4 Å². The highest BCUT2D eigenvalue weighted by molar-refractivity contribution is 5.84. The van der Waals surface area contributed by atoms with Crippen molar-refractivity contribution in [2.45, 2.75) is 26.4 Å². The molecule has 1 rings (SSSR count). The highest BCUT2D eigenvalue weighted by Crippen LogP contribution is 2.08. The Bertz CT molecular complexity index is 173. The predicted octanol–water partition coefficient (Wildman–Crippen LogP) is 1.46. The molecule has 0 saturated carbocycles. The first-order valence-electron chi connectivity index (χ1n) is 4.66. The first-order chi connectivity index (χ1) is 6.57. The van der Waals surface area contributed by atoms with Crippen LogP contribution < -0.4 is 0 Å². The van der Waals surface area contributed by atoms with Crippen LogP contribution in [0.3, 0.4) is 0 Å². The van der Waals surface area contributed by atoms with Gasteiger partial charge in [-0.3, -0.25) is 0 Å². The topological polar surface area (TPSA) is 59.1 Å². The van der Waals surface area contributed by atoms with E-state index in [1.165, 1.54) is 6.92 Å². The fraction of sp³-hybridized carbons (Fsp3) is 0.700. The van der Waals surface area contributed by atoms with E-state index >= 15 is 0 Å². The summed E-state index contributed by atoms with van der Waals surface area (Å²) in [7, 11) is 0. The predicted molar refractivity (Wildman–Crippen MR) is 53.3 cm³/mol. The summed E-state index contributed by atoms with van der Waals surface area (Å²) in [5, 5.41) is 7.89. The molecular formula is C10H18O4. The first kappa shape index (κ1) is 13.1. The van der Waals surface area contributed by atoms with Gasteiger partial charge in [0.25, 0.3) is 0 Å². The minimum absolute atomic E-state index is 0.176. The van der Waals surface area contributed by atoms with Crippen LogP contribution >= 0.6 is 0 Å². The number of ether oxygens (including phenoxy) is 2. The van der Waals surface area contributed by atoms with Gasteiger partial charge in [0.2, 0.25) is 0 Å². The molecule has 1 aliphatic heterocycles. The Kier molecular flexibility index (Phi) is 7.06. The maximum absolute atomic E-state index is 9.60. The molecule has 1 unspecified atom stereocenters. The molecule has 1 N–H and O–H groups in total. The molecule has 0 aromatic rings. The normalized spacial score (nSPS) is 18.0. The van der Waals surface area contributed by atoms with E-state index in [4.69, 9.17) is 14.6 Å². The lowest BCUT2D eigenvalue weighted by molar-refractivity contribution is -0.132. The van der Waals surface area contributed by atoms with Crippen LogP contribution in [0, 0.1) is 0 Å². The van der Waals surface area contributed by atoms with E-state index in [1.807, 2.05) is 0 Å². The number of rotatable bonds is 5. The van der Waals surface area contributed by atoms with Gasteiger partial charge in [-0.15, -0.1) is 0 Å². The number of hydrogen-bond acceptors (Lipinski definition) is 3. The average Bonchev–Trinajstić information content (AvgIpc) is 2.89. The molecule has 1 heterocycles. The smallest absolute Gasteiger partial charge is 0.330 e. The zero-order chi connectivity index (χ0) is 11.0. The number of hydrogen-bond donors (Lipinski definition) is 1.